The highest BCUT2D eigenvalue weighted by atomic mass is 32.1. The number of hydrogen-bond donors (Lipinski definition) is 0. The van der Waals surface area contributed by atoms with E-state index < -0.39 is 0 Å². The van der Waals surface area contributed by atoms with Gasteiger partial charge in [0, 0.05) is 54.3 Å². The van der Waals surface area contributed by atoms with Crippen LogP contribution in [0.25, 0.3) is 75.8 Å². The summed E-state index contributed by atoms with van der Waals surface area (Å²) < 4.78 is 2.60. The normalized spacial score (nSPS) is 11.2. The van der Waals surface area contributed by atoms with Crippen molar-refractivity contribution < 1.29 is 0 Å². The van der Waals surface area contributed by atoms with Gasteiger partial charge < -0.3 is 14.7 Å². The molecule has 83 heavy (non-hydrogen) atoms. The van der Waals surface area contributed by atoms with E-state index in [-0.39, 0.29) is 0 Å². The summed E-state index contributed by atoms with van der Waals surface area (Å²) in [6, 6.07) is 119. The number of nitrogens with zero attached hydrogens (tertiary/aromatic N) is 3. The van der Waals surface area contributed by atoms with Gasteiger partial charge in [-0.3, -0.25) is 0 Å². The van der Waals surface area contributed by atoms with E-state index in [1.54, 1.807) is 0 Å². The fourth-order valence-electron chi connectivity index (χ4n) is 11.6. The Balaban J connectivity index is 0.991. The molecule has 0 aliphatic heterocycles. The van der Waals surface area contributed by atoms with Gasteiger partial charge in [-0.25, -0.2) is 0 Å². The number of anilines is 9. The third kappa shape index (κ3) is 10.4. The molecule has 4 heteroatoms. The Kier molecular flexibility index (Phi) is 13.8. The minimum atomic E-state index is 0.995. The van der Waals surface area contributed by atoms with Gasteiger partial charge in [0.1, 0.15) is 0 Å². The third-order valence-electron chi connectivity index (χ3n) is 15.7. The van der Waals surface area contributed by atoms with Crippen LogP contribution < -0.4 is 14.7 Å². The second kappa shape index (κ2) is 22.6. The van der Waals surface area contributed by atoms with Gasteiger partial charge in [0.2, 0.25) is 0 Å². The molecule has 0 N–H and O–H groups in total. The van der Waals surface area contributed by atoms with E-state index in [2.05, 4.69) is 349 Å². The minimum absolute atomic E-state index is 0.995. The molecule has 0 aliphatic rings. The Morgan fingerprint density at radius 1 is 0.217 bits per heavy atom. The van der Waals surface area contributed by atoms with Crippen molar-refractivity contribution in [2.24, 2.45) is 0 Å². The highest BCUT2D eigenvalue weighted by Gasteiger charge is 2.24. The second-order valence-electron chi connectivity index (χ2n) is 21.0. The minimum Gasteiger partial charge on any atom is -0.310 e. The van der Waals surface area contributed by atoms with E-state index in [0.29, 0.717) is 0 Å². The smallest absolute Gasteiger partial charge is 0.0503 e. The molecule has 13 aromatic carbocycles. The van der Waals surface area contributed by atoms with Crippen LogP contribution >= 0.6 is 11.3 Å². The molecule has 0 amide bonds. The Bertz CT molecular complexity index is 4150. The van der Waals surface area contributed by atoms with Gasteiger partial charge in [-0.1, -0.05) is 231 Å². The van der Waals surface area contributed by atoms with Crippen molar-refractivity contribution in [2.75, 3.05) is 14.7 Å². The topological polar surface area (TPSA) is 9.72 Å². The van der Waals surface area contributed by atoms with Crippen molar-refractivity contribution in [3.8, 4) is 55.6 Å². The van der Waals surface area contributed by atoms with Crippen LogP contribution in [0.2, 0.25) is 0 Å². The second-order valence-corrected chi connectivity index (χ2v) is 22.1. The molecule has 0 saturated carbocycles. The Labute approximate surface area is 490 Å². The zero-order valence-corrected chi connectivity index (χ0v) is 46.7. The van der Waals surface area contributed by atoms with E-state index in [1.807, 2.05) is 11.3 Å². The summed E-state index contributed by atoms with van der Waals surface area (Å²) in [6.45, 7) is 2.18. The predicted octanol–water partition coefficient (Wildman–Crippen LogP) is 23.1. The highest BCUT2D eigenvalue weighted by molar-refractivity contribution is 7.26. The maximum absolute atomic E-state index is 2.42. The number of hydrogen-bond acceptors (Lipinski definition) is 4. The van der Waals surface area contributed by atoms with Crippen molar-refractivity contribution in [1.82, 2.24) is 0 Å². The largest absolute Gasteiger partial charge is 0.310 e. The molecule has 0 radical (unpaired) electrons. The molecule has 0 unspecified atom stereocenters. The van der Waals surface area contributed by atoms with Crippen molar-refractivity contribution >= 4 is 82.7 Å². The first-order valence-electron chi connectivity index (χ1n) is 28.3. The Hall–Kier alpha value is -10.5. The molecule has 0 aliphatic carbocycles. The van der Waals surface area contributed by atoms with Crippen molar-refractivity contribution in [3.05, 3.63) is 333 Å². The van der Waals surface area contributed by atoms with Crippen LogP contribution in [-0.4, -0.2) is 0 Å². The first kappa shape index (κ1) is 50.7. The van der Waals surface area contributed by atoms with Crippen molar-refractivity contribution in [3.63, 3.8) is 0 Å². The number of rotatable bonds is 14. The summed E-state index contributed by atoms with van der Waals surface area (Å²) >= 11 is 1.87. The van der Waals surface area contributed by atoms with Crippen molar-refractivity contribution in [1.29, 1.82) is 0 Å². The van der Waals surface area contributed by atoms with Crippen LogP contribution in [0.4, 0.5) is 51.2 Å². The molecule has 3 nitrogen and oxygen atoms in total. The zero-order chi connectivity index (χ0) is 55.5. The number of aryl methyl sites for hydroxylation is 1. The first-order chi connectivity index (χ1) is 41.0. The van der Waals surface area contributed by atoms with Gasteiger partial charge in [-0.15, -0.1) is 11.3 Å². The molecule has 0 saturated heterocycles. The average molecular weight is 1080 g/mol. The van der Waals surface area contributed by atoms with Crippen LogP contribution in [0.15, 0.2) is 328 Å². The van der Waals surface area contributed by atoms with Gasteiger partial charge in [0.15, 0.2) is 0 Å². The van der Waals surface area contributed by atoms with Crippen LogP contribution in [-0.2, 0) is 0 Å². The van der Waals surface area contributed by atoms with Crippen LogP contribution in [0, 0.1) is 6.92 Å². The molecule has 394 valence electrons. The molecular weight excluding hydrogens is 1020 g/mol. The van der Waals surface area contributed by atoms with Gasteiger partial charge in [-0.05, 0) is 165 Å². The molecule has 1 heterocycles. The van der Waals surface area contributed by atoms with E-state index in [4.69, 9.17) is 0 Å². The number of fused-ring (bicyclic) bond motifs is 3. The molecule has 0 bridgehead atoms. The summed E-state index contributed by atoms with van der Waals surface area (Å²) in [5, 5.41) is 2.59. The van der Waals surface area contributed by atoms with Crippen LogP contribution in [0.3, 0.4) is 0 Å². The van der Waals surface area contributed by atoms with Crippen LogP contribution in [0.1, 0.15) is 5.56 Å². The van der Waals surface area contributed by atoms with Crippen molar-refractivity contribution in [2.45, 2.75) is 6.92 Å². The zero-order valence-electron chi connectivity index (χ0n) is 45.9. The van der Waals surface area contributed by atoms with Gasteiger partial charge in [0.05, 0.1) is 17.1 Å². The summed E-state index contributed by atoms with van der Waals surface area (Å²) in [4.78, 5) is 7.25. The maximum Gasteiger partial charge on any atom is 0.0503 e. The molecular formula is C79H57N3S. The summed E-state index contributed by atoms with van der Waals surface area (Å²) in [5.41, 5.74) is 22.2. The van der Waals surface area contributed by atoms with E-state index in [9.17, 15) is 0 Å². The van der Waals surface area contributed by atoms with Gasteiger partial charge in [0.25, 0.3) is 0 Å². The van der Waals surface area contributed by atoms with E-state index in [0.717, 1.165) is 73.4 Å². The highest BCUT2D eigenvalue weighted by Crippen LogP contribution is 2.48. The third-order valence-corrected chi connectivity index (χ3v) is 16.9. The average Bonchev–Trinajstić information content (AvgIpc) is 4.14. The quantitative estimate of drug-likeness (QED) is 0.107. The van der Waals surface area contributed by atoms with Gasteiger partial charge >= 0.3 is 0 Å². The molecule has 14 rings (SSSR count). The van der Waals surface area contributed by atoms with E-state index in [1.165, 1.54) is 59.1 Å². The number of thiophene rings is 1. The molecule has 0 spiro atoms. The summed E-state index contributed by atoms with van der Waals surface area (Å²) in [7, 11) is 0. The van der Waals surface area contributed by atoms with E-state index >= 15 is 0 Å². The predicted molar refractivity (Wildman–Crippen MR) is 355 cm³/mol. The lowest BCUT2D eigenvalue weighted by Crippen LogP contribution is -2.16. The lowest BCUT2D eigenvalue weighted by atomic mass is 10.0. The molecule has 0 atom stereocenters. The van der Waals surface area contributed by atoms with Crippen LogP contribution in [0.5, 0.6) is 0 Å². The standard InChI is InChI=1S/C79H57N3S/c1-56-18-16-27-71(52-56)82(70-50-40-65(41-51-70)75-29-17-30-77-76-28-14-15-31-78(76)83-79(75)77)74-54-72(80(66-42-32-61(33-43-66)57-19-6-2-7-20-57)67-44-34-62(35-45-67)58-21-8-3-9-22-58)53-73(55-74)81(68-46-36-63(37-47-68)59-23-10-4-11-24-59)69-48-38-64(39-49-69)60-25-12-5-13-26-60/h2-55H,1H3. The number of benzene rings is 13. The summed E-state index contributed by atoms with van der Waals surface area (Å²) in [6.07, 6.45) is 0. The fourth-order valence-corrected chi connectivity index (χ4v) is 12.8. The Morgan fingerprint density at radius 2 is 0.530 bits per heavy atom. The fraction of sp³-hybridized carbons (Fsp3) is 0.0127. The Morgan fingerprint density at radius 3 is 0.916 bits per heavy atom. The lowest BCUT2D eigenvalue weighted by molar-refractivity contribution is 1.22. The SMILES string of the molecule is Cc1cccc(N(c2ccc(-c3cccc4c3sc3ccccc34)cc2)c2cc(N(c3ccc(-c4ccccc4)cc3)c3ccc(-c4ccccc4)cc3)cc(N(c3ccc(-c4ccccc4)cc3)c3ccc(-c4ccccc4)cc3)c2)c1. The maximum atomic E-state index is 2.42. The molecule has 1 aromatic heterocycles. The monoisotopic (exact) mass is 1080 g/mol. The lowest BCUT2D eigenvalue weighted by Gasteiger charge is -2.33. The molecule has 14 aromatic rings. The summed E-state index contributed by atoms with van der Waals surface area (Å²) in [5.74, 6) is 0. The molecule has 0 fully saturated rings. The van der Waals surface area contributed by atoms with Gasteiger partial charge in [-0.2, -0.15) is 0 Å². The first-order valence-corrected chi connectivity index (χ1v) is 29.1.